The van der Waals surface area contributed by atoms with Gasteiger partial charge in [-0.3, -0.25) is 4.72 Å². The molecule has 1 N–H and O–H groups in total. The molecule has 2 aromatic heterocycles. The summed E-state index contributed by atoms with van der Waals surface area (Å²) in [5.74, 6) is 0. The average molecular weight is 409 g/mol. The van der Waals surface area contributed by atoms with Crippen LogP contribution < -0.4 is 4.72 Å². The molecule has 23 heavy (non-hydrogen) atoms. The van der Waals surface area contributed by atoms with E-state index in [1.54, 1.807) is 12.1 Å². The van der Waals surface area contributed by atoms with Crippen LogP contribution in [0.15, 0.2) is 38.9 Å². The first-order valence-corrected chi connectivity index (χ1v) is 11.4. The van der Waals surface area contributed by atoms with Gasteiger partial charge in [-0.15, -0.1) is 22.7 Å². The minimum absolute atomic E-state index is 0.00227. The first-order valence-electron chi connectivity index (χ1n) is 6.04. The minimum Gasteiger partial charge on any atom is -0.279 e. The molecular formula is C12H9ClN2O4S4. The van der Waals surface area contributed by atoms with Crippen molar-refractivity contribution in [2.24, 2.45) is 0 Å². The van der Waals surface area contributed by atoms with Crippen LogP contribution in [0, 0.1) is 0 Å². The fourth-order valence-electron chi connectivity index (χ4n) is 1.77. The number of thiazole rings is 1. The van der Waals surface area contributed by atoms with Gasteiger partial charge in [0, 0.05) is 6.26 Å². The van der Waals surface area contributed by atoms with Crippen molar-refractivity contribution in [3.05, 3.63) is 34.7 Å². The Bertz CT molecular complexity index is 1100. The number of anilines is 1. The highest BCUT2D eigenvalue weighted by Crippen LogP contribution is 2.30. The number of nitrogens with zero attached hydrogens (tertiary/aromatic N) is 1. The Kier molecular flexibility index (Phi) is 4.13. The summed E-state index contributed by atoms with van der Waals surface area (Å²) in [6, 6.07) is 7.57. The largest absolute Gasteiger partial charge is 0.279 e. The molecule has 0 saturated heterocycles. The summed E-state index contributed by atoms with van der Waals surface area (Å²) in [7, 11) is -7.13. The van der Waals surface area contributed by atoms with Gasteiger partial charge in [-0.05, 0) is 30.3 Å². The Hall–Kier alpha value is -1.20. The van der Waals surface area contributed by atoms with Crippen molar-refractivity contribution in [2.45, 2.75) is 8.55 Å². The molecule has 11 heteroatoms. The summed E-state index contributed by atoms with van der Waals surface area (Å²) in [6.07, 6.45) is 1.08. The number of benzene rings is 1. The summed E-state index contributed by atoms with van der Waals surface area (Å²) in [4.78, 5) is 4.02. The van der Waals surface area contributed by atoms with Gasteiger partial charge < -0.3 is 0 Å². The lowest BCUT2D eigenvalue weighted by Crippen LogP contribution is -2.11. The van der Waals surface area contributed by atoms with E-state index in [0.29, 0.717) is 20.2 Å². The van der Waals surface area contributed by atoms with Gasteiger partial charge in [0.1, 0.15) is 4.21 Å². The van der Waals surface area contributed by atoms with Crippen LogP contribution in [0.25, 0.3) is 10.2 Å². The molecule has 6 nitrogen and oxygen atoms in total. The smallest absolute Gasteiger partial charge is 0.271 e. The van der Waals surface area contributed by atoms with Crippen LogP contribution in [0.5, 0.6) is 0 Å². The number of hydrogen-bond donors (Lipinski definition) is 1. The molecule has 1 aromatic carbocycles. The second kappa shape index (κ2) is 5.71. The number of nitrogens with one attached hydrogen (secondary N) is 1. The van der Waals surface area contributed by atoms with E-state index >= 15 is 0 Å². The van der Waals surface area contributed by atoms with Crippen molar-refractivity contribution < 1.29 is 16.8 Å². The van der Waals surface area contributed by atoms with Crippen molar-refractivity contribution in [3.8, 4) is 0 Å². The van der Waals surface area contributed by atoms with E-state index in [2.05, 4.69) is 9.71 Å². The predicted molar refractivity (Wildman–Crippen MR) is 92.9 cm³/mol. The highest BCUT2D eigenvalue weighted by Gasteiger charge is 2.18. The second-order valence-corrected chi connectivity index (χ2v) is 11.4. The topological polar surface area (TPSA) is 93.2 Å². The maximum absolute atomic E-state index is 12.2. The molecule has 0 aliphatic heterocycles. The Morgan fingerprint density at radius 1 is 1.09 bits per heavy atom. The van der Waals surface area contributed by atoms with Crippen LogP contribution in [0.3, 0.4) is 0 Å². The number of sulfone groups is 1. The quantitative estimate of drug-likeness (QED) is 0.715. The number of sulfonamides is 1. The Balaban J connectivity index is 1.98. The van der Waals surface area contributed by atoms with Crippen molar-refractivity contribution >= 4 is 70.0 Å². The van der Waals surface area contributed by atoms with Crippen molar-refractivity contribution in [1.29, 1.82) is 0 Å². The van der Waals surface area contributed by atoms with Crippen LogP contribution >= 0.6 is 34.3 Å². The molecule has 0 atom stereocenters. The van der Waals surface area contributed by atoms with Crippen molar-refractivity contribution in [2.75, 3.05) is 11.0 Å². The summed E-state index contributed by atoms with van der Waals surface area (Å²) < 4.78 is 51.0. The first kappa shape index (κ1) is 16.7. The molecule has 3 aromatic rings. The summed E-state index contributed by atoms with van der Waals surface area (Å²) in [5.41, 5.74) is 0.822. The molecule has 0 fully saturated rings. The number of rotatable bonds is 4. The zero-order chi connectivity index (χ0) is 16.8. The Morgan fingerprint density at radius 2 is 1.83 bits per heavy atom. The molecule has 0 bridgehead atoms. The van der Waals surface area contributed by atoms with Gasteiger partial charge in [0.25, 0.3) is 10.0 Å². The number of hydrogen-bond acceptors (Lipinski definition) is 7. The van der Waals surface area contributed by atoms with Gasteiger partial charge in [-0.25, -0.2) is 21.8 Å². The van der Waals surface area contributed by atoms with Crippen LogP contribution in [-0.4, -0.2) is 28.1 Å². The van der Waals surface area contributed by atoms with Gasteiger partial charge in [-0.1, -0.05) is 11.6 Å². The molecule has 0 aliphatic rings. The third kappa shape index (κ3) is 3.50. The normalized spacial score (nSPS) is 12.6. The predicted octanol–water partition coefficient (Wildman–Crippen LogP) is 3.22. The zero-order valence-electron chi connectivity index (χ0n) is 11.5. The molecule has 0 aliphatic carbocycles. The first-order chi connectivity index (χ1) is 10.6. The number of halogens is 1. The highest BCUT2D eigenvalue weighted by atomic mass is 35.5. The van der Waals surface area contributed by atoms with Crippen molar-refractivity contribution in [1.82, 2.24) is 4.98 Å². The highest BCUT2D eigenvalue weighted by molar-refractivity contribution is 7.94. The fraction of sp³-hybridized carbons (Fsp3) is 0.0833. The van der Waals surface area contributed by atoms with Crippen LogP contribution in [-0.2, 0) is 19.9 Å². The van der Waals surface area contributed by atoms with Crippen LogP contribution in [0.2, 0.25) is 4.34 Å². The summed E-state index contributed by atoms with van der Waals surface area (Å²) >= 11 is 7.70. The van der Waals surface area contributed by atoms with Gasteiger partial charge >= 0.3 is 0 Å². The molecule has 2 heterocycles. The lowest BCUT2D eigenvalue weighted by Gasteiger charge is -2.05. The second-order valence-electron chi connectivity index (χ2n) is 4.60. The third-order valence-electron chi connectivity index (χ3n) is 2.75. The van der Waals surface area contributed by atoms with E-state index in [4.69, 9.17) is 11.6 Å². The van der Waals surface area contributed by atoms with Crippen LogP contribution in [0.1, 0.15) is 0 Å². The van der Waals surface area contributed by atoms with E-state index < -0.39 is 19.9 Å². The summed E-state index contributed by atoms with van der Waals surface area (Å²) in [6.45, 7) is 0. The lowest BCUT2D eigenvalue weighted by atomic mass is 10.3. The van der Waals surface area contributed by atoms with E-state index in [0.717, 1.165) is 28.9 Å². The SMILES string of the molecule is CS(=O)(=O)c1nc2ccc(NS(=O)(=O)c3ccc(Cl)s3)cc2s1. The zero-order valence-corrected chi connectivity index (χ0v) is 15.5. The fourth-order valence-corrected chi connectivity index (χ4v) is 6.18. The molecule has 0 radical (unpaired) electrons. The van der Waals surface area contributed by atoms with Gasteiger partial charge in [-0.2, -0.15) is 0 Å². The number of aromatic nitrogens is 1. The van der Waals surface area contributed by atoms with Gasteiger partial charge in [0.05, 0.1) is 20.2 Å². The van der Waals surface area contributed by atoms with Crippen LogP contribution in [0.4, 0.5) is 5.69 Å². The molecule has 3 rings (SSSR count). The molecule has 0 amide bonds. The lowest BCUT2D eigenvalue weighted by molar-refractivity contribution is 0.600. The van der Waals surface area contributed by atoms with Gasteiger partial charge in [0.15, 0.2) is 0 Å². The maximum Gasteiger partial charge on any atom is 0.271 e. The number of fused-ring (bicyclic) bond motifs is 1. The third-order valence-corrected chi connectivity index (χ3v) is 8.55. The average Bonchev–Trinajstić information content (AvgIpc) is 3.03. The number of thiophene rings is 1. The Morgan fingerprint density at radius 3 is 2.43 bits per heavy atom. The van der Waals surface area contributed by atoms with Gasteiger partial charge in [0.2, 0.25) is 14.2 Å². The van der Waals surface area contributed by atoms with Crippen molar-refractivity contribution in [3.63, 3.8) is 0 Å². The molecule has 122 valence electrons. The molecule has 0 spiro atoms. The molecular weight excluding hydrogens is 400 g/mol. The molecule has 0 saturated carbocycles. The Labute approximate surface area is 145 Å². The van der Waals surface area contributed by atoms with E-state index in [-0.39, 0.29) is 8.55 Å². The van der Waals surface area contributed by atoms with E-state index in [9.17, 15) is 16.8 Å². The summed E-state index contributed by atoms with van der Waals surface area (Å²) in [5, 5.41) is 0. The monoisotopic (exact) mass is 408 g/mol. The molecule has 0 unspecified atom stereocenters. The maximum atomic E-state index is 12.2. The minimum atomic E-state index is -3.73. The van der Waals surface area contributed by atoms with E-state index in [1.807, 2.05) is 0 Å². The van der Waals surface area contributed by atoms with E-state index in [1.165, 1.54) is 18.2 Å². The standard InChI is InChI=1S/C12H9ClN2O4S4/c1-22(16,17)12-14-8-3-2-7(6-9(8)20-12)15-23(18,19)11-5-4-10(13)21-11/h2-6,15H,1H3.